The number of imidazole rings is 1. The Morgan fingerprint density at radius 3 is 2.83 bits per heavy atom. The second-order valence-corrected chi connectivity index (χ2v) is 4.29. The molecule has 4 heteroatoms. The van der Waals surface area contributed by atoms with E-state index in [1.54, 1.807) is 0 Å². The van der Waals surface area contributed by atoms with Crippen LogP contribution < -0.4 is 0 Å². The lowest BCUT2D eigenvalue weighted by molar-refractivity contribution is 0.282. The zero-order valence-corrected chi connectivity index (χ0v) is 10.3. The van der Waals surface area contributed by atoms with Crippen molar-refractivity contribution in [1.29, 1.82) is 5.26 Å². The van der Waals surface area contributed by atoms with E-state index in [0.717, 1.165) is 42.7 Å². The SMILES string of the molecule is N#CCc1nc2ccccc2n1CCCCCO. The molecule has 1 aromatic carbocycles. The Hall–Kier alpha value is -1.86. The highest BCUT2D eigenvalue weighted by atomic mass is 16.2. The van der Waals surface area contributed by atoms with Crippen LogP contribution >= 0.6 is 0 Å². The average Bonchev–Trinajstić information content (AvgIpc) is 2.73. The van der Waals surface area contributed by atoms with Crippen molar-refractivity contribution in [3.63, 3.8) is 0 Å². The Kier molecular flexibility index (Phi) is 4.32. The molecule has 0 radical (unpaired) electrons. The van der Waals surface area contributed by atoms with Gasteiger partial charge in [0.2, 0.25) is 0 Å². The molecule has 94 valence electrons. The Balaban J connectivity index is 2.22. The minimum Gasteiger partial charge on any atom is -0.396 e. The summed E-state index contributed by atoms with van der Waals surface area (Å²) in [5.74, 6) is 0.836. The van der Waals surface area contributed by atoms with Gasteiger partial charge in [-0.05, 0) is 31.4 Å². The zero-order chi connectivity index (χ0) is 12.8. The summed E-state index contributed by atoms with van der Waals surface area (Å²) in [6.07, 6.45) is 3.17. The van der Waals surface area contributed by atoms with Crippen LogP contribution in [-0.2, 0) is 13.0 Å². The second kappa shape index (κ2) is 6.18. The van der Waals surface area contributed by atoms with Crippen molar-refractivity contribution in [2.24, 2.45) is 0 Å². The number of nitriles is 1. The van der Waals surface area contributed by atoms with Crippen LogP contribution in [0.1, 0.15) is 25.1 Å². The van der Waals surface area contributed by atoms with Gasteiger partial charge in [0.05, 0.1) is 23.5 Å². The van der Waals surface area contributed by atoms with Gasteiger partial charge >= 0.3 is 0 Å². The second-order valence-electron chi connectivity index (χ2n) is 4.29. The molecule has 0 fully saturated rings. The van der Waals surface area contributed by atoms with Crippen LogP contribution in [-0.4, -0.2) is 21.3 Å². The summed E-state index contributed by atoms with van der Waals surface area (Å²) in [5, 5.41) is 17.6. The molecular formula is C14H17N3O. The van der Waals surface area contributed by atoms with E-state index in [1.165, 1.54) is 0 Å². The fourth-order valence-electron chi connectivity index (χ4n) is 2.14. The van der Waals surface area contributed by atoms with Gasteiger partial charge in [-0.25, -0.2) is 4.98 Å². The molecule has 2 aromatic rings. The maximum Gasteiger partial charge on any atom is 0.124 e. The molecule has 0 amide bonds. The summed E-state index contributed by atoms with van der Waals surface area (Å²) in [4.78, 5) is 4.49. The Labute approximate surface area is 106 Å². The van der Waals surface area contributed by atoms with Crippen molar-refractivity contribution in [3.8, 4) is 6.07 Å². The first-order valence-electron chi connectivity index (χ1n) is 6.28. The molecule has 0 atom stereocenters. The van der Waals surface area contributed by atoms with Crippen LogP contribution in [0, 0.1) is 11.3 Å². The monoisotopic (exact) mass is 243 g/mol. The van der Waals surface area contributed by atoms with Crippen molar-refractivity contribution in [2.75, 3.05) is 6.61 Å². The van der Waals surface area contributed by atoms with Crippen LogP contribution in [0.5, 0.6) is 0 Å². The molecule has 0 aliphatic rings. The molecule has 1 heterocycles. The van der Waals surface area contributed by atoms with E-state index in [1.807, 2.05) is 24.3 Å². The van der Waals surface area contributed by atoms with Gasteiger partial charge in [-0.1, -0.05) is 12.1 Å². The van der Waals surface area contributed by atoms with Gasteiger partial charge in [0.1, 0.15) is 5.82 Å². The number of benzene rings is 1. The van der Waals surface area contributed by atoms with E-state index in [2.05, 4.69) is 15.6 Å². The third kappa shape index (κ3) is 2.69. The highest BCUT2D eigenvalue weighted by Crippen LogP contribution is 2.17. The van der Waals surface area contributed by atoms with E-state index < -0.39 is 0 Å². The number of para-hydroxylation sites is 2. The molecule has 4 nitrogen and oxygen atoms in total. The first-order valence-corrected chi connectivity index (χ1v) is 6.28. The van der Waals surface area contributed by atoms with Crippen LogP contribution in [0.4, 0.5) is 0 Å². The standard InChI is InChI=1S/C14H17N3O/c15-9-8-14-16-12-6-2-3-7-13(12)17(14)10-4-1-5-11-18/h2-3,6-7,18H,1,4-5,8,10-11H2. The number of rotatable bonds is 6. The van der Waals surface area contributed by atoms with Crippen LogP contribution in [0.25, 0.3) is 11.0 Å². The number of hydrogen-bond donors (Lipinski definition) is 1. The highest BCUT2D eigenvalue weighted by Gasteiger charge is 2.09. The lowest BCUT2D eigenvalue weighted by Gasteiger charge is -2.06. The normalized spacial score (nSPS) is 10.7. The topological polar surface area (TPSA) is 61.8 Å². The third-order valence-corrected chi connectivity index (χ3v) is 3.01. The average molecular weight is 243 g/mol. The fourth-order valence-corrected chi connectivity index (χ4v) is 2.14. The molecule has 0 bridgehead atoms. The van der Waals surface area contributed by atoms with Gasteiger partial charge in [-0.2, -0.15) is 5.26 Å². The van der Waals surface area contributed by atoms with E-state index in [9.17, 15) is 0 Å². The number of aryl methyl sites for hydroxylation is 1. The predicted molar refractivity (Wildman–Crippen MR) is 70.0 cm³/mol. The molecule has 0 saturated carbocycles. The number of nitrogens with zero attached hydrogens (tertiary/aromatic N) is 3. The maximum atomic E-state index is 8.84. The van der Waals surface area contributed by atoms with Crippen LogP contribution in [0.3, 0.4) is 0 Å². The molecule has 1 N–H and O–H groups in total. The first-order chi connectivity index (χ1) is 8.86. The van der Waals surface area contributed by atoms with Crippen molar-refractivity contribution < 1.29 is 5.11 Å². The van der Waals surface area contributed by atoms with Gasteiger partial charge < -0.3 is 9.67 Å². The lowest BCUT2D eigenvalue weighted by Crippen LogP contribution is -2.03. The lowest BCUT2D eigenvalue weighted by atomic mass is 10.2. The maximum absolute atomic E-state index is 8.84. The van der Waals surface area contributed by atoms with Crippen molar-refractivity contribution in [2.45, 2.75) is 32.2 Å². The van der Waals surface area contributed by atoms with E-state index in [0.29, 0.717) is 6.42 Å². The van der Waals surface area contributed by atoms with Crippen LogP contribution in [0.2, 0.25) is 0 Å². The molecule has 0 spiro atoms. The summed E-state index contributed by atoms with van der Waals surface area (Å²) in [6, 6.07) is 10.1. The van der Waals surface area contributed by atoms with Gasteiger partial charge in [-0.15, -0.1) is 0 Å². The number of aliphatic hydroxyl groups is 1. The molecule has 0 aliphatic carbocycles. The molecule has 0 unspecified atom stereocenters. The number of unbranched alkanes of at least 4 members (excludes halogenated alkanes) is 2. The molecule has 0 saturated heterocycles. The van der Waals surface area contributed by atoms with Crippen molar-refractivity contribution >= 4 is 11.0 Å². The minimum absolute atomic E-state index is 0.246. The number of fused-ring (bicyclic) bond motifs is 1. The molecule has 0 aliphatic heterocycles. The number of hydrogen-bond acceptors (Lipinski definition) is 3. The smallest absolute Gasteiger partial charge is 0.124 e. The quantitative estimate of drug-likeness (QED) is 0.792. The zero-order valence-electron chi connectivity index (χ0n) is 10.3. The van der Waals surface area contributed by atoms with Gasteiger partial charge in [0.25, 0.3) is 0 Å². The van der Waals surface area contributed by atoms with Crippen molar-refractivity contribution in [1.82, 2.24) is 9.55 Å². The number of aliphatic hydroxyl groups excluding tert-OH is 1. The highest BCUT2D eigenvalue weighted by molar-refractivity contribution is 5.75. The Morgan fingerprint density at radius 2 is 2.06 bits per heavy atom. The molecule has 18 heavy (non-hydrogen) atoms. The van der Waals surface area contributed by atoms with E-state index >= 15 is 0 Å². The molecule has 2 rings (SSSR count). The van der Waals surface area contributed by atoms with Gasteiger partial charge in [0, 0.05) is 13.2 Å². The van der Waals surface area contributed by atoms with E-state index in [-0.39, 0.29) is 6.61 Å². The minimum atomic E-state index is 0.246. The first kappa shape index (κ1) is 12.6. The summed E-state index contributed by atoms with van der Waals surface area (Å²) in [5.41, 5.74) is 2.04. The summed E-state index contributed by atoms with van der Waals surface area (Å²) < 4.78 is 2.12. The fraction of sp³-hybridized carbons (Fsp3) is 0.429. The summed E-state index contributed by atoms with van der Waals surface area (Å²) >= 11 is 0. The predicted octanol–water partition coefficient (Wildman–Crippen LogP) is 2.26. The van der Waals surface area contributed by atoms with Crippen LogP contribution in [0.15, 0.2) is 24.3 Å². The molecule has 1 aromatic heterocycles. The van der Waals surface area contributed by atoms with E-state index in [4.69, 9.17) is 10.4 Å². The Bertz CT molecular complexity index is 554. The van der Waals surface area contributed by atoms with Gasteiger partial charge in [0.15, 0.2) is 0 Å². The largest absolute Gasteiger partial charge is 0.396 e. The summed E-state index contributed by atoms with van der Waals surface area (Å²) in [7, 11) is 0. The van der Waals surface area contributed by atoms with Gasteiger partial charge in [-0.3, -0.25) is 0 Å². The third-order valence-electron chi connectivity index (χ3n) is 3.01. The van der Waals surface area contributed by atoms with Crippen molar-refractivity contribution in [3.05, 3.63) is 30.1 Å². The number of aromatic nitrogens is 2. The Morgan fingerprint density at radius 1 is 1.22 bits per heavy atom. The molecular weight excluding hydrogens is 226 g/mol. The summed E-state index contributed by atoms with van der Waals surface area (Å²) in [6.45, 7) is 1.10.